The van der Waals surface area contributed by atoms with Crippen molar-refractivity contribution in [3.8, 4) is 5.75 Å². The number of carbonyl (C=O) groups excluding carboxylic acids is 1. The average Bonchev–Trinajstić information content (AvgIpc) is 2.71. The molecule has 0 spiro atoms. The largest absolute Gasteiger partial charge is 0.481 e. The molecular formula is C23H29ClN2O2. The number of likely N-dealkylation sites (tertiary alicyclic amines) is 1. The highest BCUT2D eigenvalue weighted by Gasteiger charge is 2.15. The highest BCUT2D eigenvalue weighted by atomic mass is 35.5. The van der Waals surface area contributed by atoms with Crippen molar-refractivity contribution in [2.75, 3.05) is 13.1 Å². The normalized spacial score (nSPS) is 15.8. The molecule has 1 N–H and O–H groups in total. The molecule has 1 aliphatic heterocycles. The molecule has 1 aliphatic rings. The summed E-state index contributed by atoms with van der Waals surface area (Å²) in [6.07, 6.45) is 3.40. The summed E-state index contributed by atoms with van der Waals surface area (Å²) in [6.45, 7) is 7.57. The first-order valence-corrected chi connectivity index (χ1v) is 10.4. The van der Waals surface area contributed by atoms with Crippen molar-refractivity contribution in [2.45, 2.75) is 52.3 Å². The van der Waals surface area contributed by atoms with Gasteiger partial charge in [-0.25, -0.2) is 0 Å². The van der Waals surface area contributed by atoms with Crippen molar-refractivity contribution >= 4 is 17.5 Å². The highest BCUT2D eigenvalue weighted by Crippen LogP contribution is 2.22. The van der Waals surface area contributed by atoms with Gasteiger partial charge in [-0.05, 0) is 74.7 Å². The fourth-order valence-electron chi connectivity index (χ4n) is 3.42. The van der Waals surface area contributed by atoms with Gasteiger partial charge in [0.15, 0.2) is 6.10 Å². The van der Waals surface area contributed by atoms with Crippen molar-refractivity contribution in [3.05, 3.63) is 64.2 Å². The summed E-state index contributed by atoms with van der Waals surface area (Å²) in [5.41, 5.74) is 3.34. The monoisotopic (exact) mass is 400 g/mol. The first-order valence-electron chi connectivity index (χ1n) is 10.0. The van der Waals surface area contributed by atoms with Crippen LogP contribution in [-0.4, -0.2) is 30.0 Å². The molecule has 4 nitrogen and oxygen atoms in total. The predicted octanol–water partition coefficient (Wildman–Crippen LogP) is 4.72. The van der Waals surface area contributed by atoms with E-state index in [2.05, 4.69) is 34.5 Å². The Morgan fingerprint density at radius 1 is 1.11 bits per heavy atom. The molecule has 0 radical (unpaired) electrons. The smallest absolute Gasteiger partial charge is 0.261 e. The third kappa shape index (κ3) is 5.98. The van der Waals surface area contributed by atoms with Crippen LogP contribution in [0.4, 0.5) is 0 Å². The van der Waals surface area contributed by atoms with E-state index in [1.165, 1.54) is 37.9 Å². The molecule has 1 amide bonds. The fraction of sp³-hybridized carbons (Fsp3) is 0.435. The maximum Gasteiger partial charge on any atom is 0.261 e. The van der Waals surface area contributed by atoms with Gasteiger partial charge in [-0.1, -0.05) is 42.3 Å². The summed E-state index contributed by atoms with van der Waals surface area (Å²) in [5, 5.41) is 3.63. The molecule has 5 heteroatoms. The molecule has 0 aromatic heterocycles. The van der Waals surface area contributed by atoms with Crippen LogP contribution in [0.15, 0.2) is 42.5 Å². The molecule has 1 saturated heterocycles. The minimum atomic E-state index is -0.570. The van der Waals surface area contributed by atoms with E-state index < -0.39 is 6.10 Å². The minimum Gasteiger partial charge on any atom is -0.481 e. The Bertz CT molecular complexity index is 786. The Morgan fingerprint density at radius 3 is 2.46 bits per heavy atom. The van der Waals surface area contributed by atoms with Gasteiger partial charge in [0.05, 0.1) is 0 Å². The number of hydrogen-bond donors (Lipinski definition) is 1. The second kappa shape index (κ2) is 9.94. The number of rotatable bonds is 7. The lowest BCUT2D eigenvalue weighted by Gasteiger charge is -2.26. The van der Waals surface area contributed by atoms with Gasteiger partial charge >= 0.3 is 0 Å². The van der Waals surface area contributed by atoms with E-state index in [4.69, 9.17) is 16.3 Å². The van der Waals surface area contributed by atoms with Gasteiger partial charge in [0.1, 0.15) is 5.75 Å². The van der Waals surface area contributed by atoms with Crippen LogP contribution in [0, 0.1) is 6.92 Å². The van der Waals surface area contributed by atoms with Crippen molar-refractivity contribution in [3.63, 3.8) is 0 Å². The highest BCUT2D eigenvalue weighted by molar-refractivity contribution is 6.31. The molecule has 28 heavy (non-hydrogen) atoms. The van der Waals surface area contributed by atoms with Gasteiger partial charge in [0, 0.05) is 18.1 Å². The van der Waals surface area contributed by atoms with E-state index in [1.807, 2.05) is 13.0 Å². The Labute approximate surface area is 172 Å². The topological polar surface area (TPSA) is 41.6 Å². The predicted molar refractivity (Wildman–Crippen MR) is 114 cm³/mol. The molecule has 3 rings (SSSR count). The van der Waals surface area contributed by atoms with E-state index in [-0.39, 0.29) is 5.91 Å². The number of aryl methyl sites for hydroxylation is 1. The molecule has 1 heterocycles. The maximum absolute atomic E-state index is 12.3. The SMILES string of the molecule is Cc1cc(OC(C)C(=O)NCc2ccc(CN3CCCCC3)cc2)ccc1Cl. The number of hydrogen-bond acceptors (Lipinski definition) is 3. The fourth-order valence-corrected chi connectivity index (χ4v) is 3.54. The van der Waals surface area contributed by atoms with Gasteiger partial charge in [-0.2, -0.15) is 0 Å². The van der Waals surface area contributed by atoms with Gasteiger partial charge < -0.3 is 10.1 Å². The van der Waals surface area contributed by atoms with Crippen molar-refractivity contribution < 1.29 is 9.53 Å². The number of carbonyl (C=O) groups is 1. The second-order valence-electron chi connectivity index (χ2n) is 7.54. The van der Waals surface area contributed by atoms with Crippen molar-refractivity contribution in [2.24, 2.45) is 0 Å². The lowest BCUT2D eigenvalue weighted by atomic mass is 10.1. The summed E-state index contributed by atoms with van der Waals surface area (Å²) in [5.74, 6) is 0.511. The van der Waals surface area contributed by atoms with Crippen LogP contribution in [0.5, 0.6) is 5.75 Å². The number of nitrogens with one attached hydrogen (secondary N) is 1. The van der Waals surface area contributed by atoms with Crippen molar-refractivity contribution in [1.82, 2.24) is 10.2 Å². The second-order valence-corrected chi connectivity index (χ2v) is 7.95. The summed E-state index contributed by atoms with van der Waals surface area (Å²) in [6, 6.07) is 13.9. The lowest BCUT2D eigenvalue weighted by molar-refractivity contribution is -0.127. The number of benzene rings is 2. The molecule has 1 fully saturated rings. The number of piperidine rings is 1. The van der Waals surface area contributed by atoms with Crippen LogP contribution < -0.4 is 10.1 Å². The van der Waals surface area contributed by atoms with Gasteiger partial charge in [0.25, 0.3) is 5.91 Å². The van der Waals surface area contributed by atoms with Crippen LogP contribution in [0.25, 0.3) is 0 Å². The Balaban J connectivity index is 1.46. The zero-order chi connectivity index (χ0) is 19.9. The molecular weight excluding hydrogens is 372 g/mol. The zero-order valence-corrected chi connectivity index (χ0v) is 17.5. The molecule has 0 saturated carbocycles. The van der Waals surface area contributed by atoms with E-state index in [0.29, 0.717) is 17.3 Å². The first kappa shape index (κ1) is 20.7. The summed E-state index contributed by atoms with van der Waals surface area (Å²) in [7, 11) is 0. The third-order valence-corrected chi connectivity index (χ3v) is 5.58. The molecule has 1 unspecified atom stereocenters. The summed E-state index contributed by atoms with van der Waals surface area (Å²) >= 11 is 6.03. The zero-order valence-electron chi connectivity index (χ0n) is 16.7. The van der Waals surface area contributed by atoms with Crippen LogP contribution in [-0.2, 0) is 17.9 Å². The molecule has 0 bridgehead atoms. The molecule has 0 aliphatic carbocycles. The molecule has 2 aromatic carbocycles. The van der Waals surface area contributed by atoms with E-state index in [9.17, 15) is 4.79 Å². The van der Waals surface area contributed by atoms with E-state index >= 15 is 0 Å². The van der Waals surface area contributed by atoms with Crippen LogP contribution in [0.3, 0.4) is 0 Å². The van der Waals surface area contributed by atoms with Crippen LogP contribution in [0.1, 0.15) is 42.9 Å². The first-order chi connectivity index (χ1) is 13.5. The number of nitrogens with zero attached hydrogens (tertiary/aromatic N) is 1. The standard InChI is InChI=1S/C23H29ClN2O2/c1-17-14-21(10-11-22(17)24)28-18(2)23(27)25-15-19-6-8-20(9-7-19)16-26-12-4-3-5-13-26/h6-11,14,18H,3-5,12-13,15-16H2,1-2H3,(H,25,27). The Kier molecular flexibility index (Phi) is 7.35. The summed E-state index contributed by atoms with van der Waals surface area (Å²) in [4.78, 5) is 14.8. The van der Waals surface area contributed by atoms with Gasteiger partial charge in [-0.15, -0.1) is 0 Å². The molecule has 150 valence electrons. The average molecular weight is 401 g/mol. The third-order valence-electron chi connectivity index (χ3n) is 5.16. The summed E-state index contributed by atoms with van der Waals surface area (Å²) < 4.78 is 5.73. The Hall–Kier alpha value is -2.04. The minimum absolute atomic E-state index is 0.134. The quantitative estimate of drug-likeness (QED) is 0.731. The van der Waals surface area contributed by atoms with Crippen LogP contribution in [0.2, 0.25) is 5.02 Å². The lowest BCUT2D eigenvalue weighted by Crippen LogP contribution is -2.35. The Morgan fingerprint density at radius 2 is 1.79 bits per heavy atom. The van der Waals surface area contributed by atoms with E-state index in [0.717, 1.165) is 17.7 Å². The number of ether oxygens (including phenoxy) is 1. The van der Waals surface area contributed by atoms with E-state index in [1.54, 1.807) is 19.1 Å². The number of amides is 1. The van der Waals surface area contributed by atoms with Gasteiger partial charge in [-0.3, -0.25) is 9.69 Å². The molecule has 2 aromatic rings. The number of halogens is 1. The van der Waals surface area contributed by atoms with Crippen LogP contribution >= 0.6 is 11.6 Å². The maximum atomic E-state index is 12.3. The van der Waals surface area contributed by atoms with Gasteiger partial charge in [0.2, 0.25) is 0 Å². The molecule has 1 atom stereocenters. The van der Waals surface area contributed by atoms with Crippen molar-refractivity contribution in [1.29, 1.82) is 0 Å².